The van der Waals surface area contributed by atoms with Crippen molar-refractivity contribution in [1.29, 1.82) is 0 Å². The summed E-state index contributed by atoms with van der Waals surface area (Å²) in [5.74, 6) is 0.626. The van der Waals surface area contributed by atoms with Gasteiger partial charge < -0.3 is 14.6 Å². The predicted octanol–water partition coefficient (Wildman–Crippen LogP) is 1.02. The van der Waals surface area contributed by atoms with E-state index in [2.05, 4.69) is 41.2 Å². The summed E-state index contributed by atoms with van der Waals surface area (Å²) in [4.78, 5) is 2.06. The van der Waals surface area contributed by atoms with Crippen LogP contribution in [0.4, 0.5) is 6.01 Å². The molecule has 0 radical (unpaired) electrons. The molecule has 0 aliphatic heterocycles. The number of hydrogen-bond acceptors (Lipinski definition) is 5. The van der Waals surface area contributed by atoms with E-state index in [1.165, 1.54) is 0 Å². The van der Waals surface area contributed by atoms with E-state index in [0.717, 1.165) is 6.54 Å². The average Bonchev–Trinajstić information content (AvgIpc) is 2.54. The highest BCUT2D eigenvalue weighted by molar-refractivity contribution is 5.24. The van der Waals surface area contributed by atoms with Crippen LogP contribution in [0, 0.1) is 0 Å². The van der Waals surface area contributed by atoms with Gasteiger partial charge in [-0.15, -0.1) is 5.10 Å². The molecule has 0 aromatic carbocycles. The molecule has 0 amide bonds. The number of anilines is 1. The van der Waals surface area contributed by atoms with Gasteiger partial charge in [-0.1, -0.05) is 5.10 Å². The van der Waals surface area contributed by atoms with E-state index in [1.807, 2.05) is 7.05 Å². The number of hydrogen-bond donors (Lipinski definition) is 1. The number of rotatable bonds is 5. The molecule has 0 aliphatic rings. The Labute approximate surface area is 84.5 Å². The molecule has 1 rings (SSSR count). The molecule has 1 heterocycles. The van der Waals surface area contributed by atoms with Crippen LogP contribution in [0.2, 0.25) is 0 Å². The van der Waals surface area contributed by atoms with Crippen LogP contribution in [-0.4, -0.2) is 29.8 Å². The van der Waals surface area contributed by atoms with Crippen LogP contribution in [0.25, 0.3) is 0 Å². The van der Waals surface area contributed by atoms with Crippen LogP contribution < -0.4 is 10.2 Å². The molecule has 0 bridgehead atoms. The average molecular weight is 198 g/mol. The fourth-order valence-electron chi connectivity index (χ4n) is 1.30. The summed E-state index contributed by atoms with van der Waals surface area (Å²) in [6.07, 6.45) is 0. The lowest BCUT2D eigenvalue weighted by atomic mass is 10.3. The van der Waals surface area contributed by atoms with E-state index in [4.69, 9.17) is 4.42 Å². The molecular formula is C9H18N4O. The Kier molecular flexibility index (Phi) is 3.88. The van der Waals surface area contributed by atoms with E-state index in [-0.39, 0.29) is 0 Å². The maximum absolute atomic E-state index is 5.48. The Morgan fingerprint density at radius 2 is 2.14 bits per heavy atom. The Balaban J connectivity index is 2.73. The Bertz CT molecular complexity index is 272. The highest BCUT2D eigenvalue weighted by Crippen LogP contribution is 2.14. The van der Waals surface area contributed by atoms with Gasteiger partial charge in [0.25, 0.3) is 0 Å². The Morgan fingerprint density at radius 1 is 1.43 bits per heavy atom. The Morgan fingerprint density at radius 3 is 2.64 bits per heavy atom. The summed E-state index contributed by atoms with van der Waals surface area (Å²) in [7, 11) is 1.85. The minimum absolute atomic E-state index is 0.378. The molecule has 1 N–H and O–H groups in total. The van der Waals surface area contributed by atoms with Crippen LogP contribution in [0.1, 0.15) is 26.7 Å². The summed E-state index contributed by atoms with van der Waals surface area (Å²) in [6, 6.07) is 0.982. The summed E-state index contributed by atoms with van der Waals surface area (Å²) in [6.45, 7) is 7.76. The van der Waals surface area contributed by atoms with Gasteiger partial charge in [-0.3, -0.25) is 0 Å². The summed E-state index contributed by atoms with van der Waals surface area (Å²) >= 11 is 0. The van der Waals surface area contributed by atoms with E-state index in [1.54, 1.807) is 0 Å². The smallest absolute Gasteiger partial charge is 0.318 e. The molecular weight excluding hydrogens is 180 g/mol. The van der Waals surface area contributed by atoms with Crippen LogP contribution in [0.5, 0.6) is 0 Å². The van der Waals surface area contributed by atoms with Gasteiger partial charge in [-0.25, -0.2) is 0 Å². The zero-order valence-electron chi connectivity index (χ0n) is 9.24. The van der Waals surface area contributed by atoms with Crippen molar-refractivity contribution in [2.75, 3.05) is 18.5 Å². The maximum Gasteiger partial charge on any atom is 0.318 e. The van der Waals surface area contributed by atoms with Crippen molar-refractivity contribution in [3.8, 4) is 0 Å². The molecule has 5 heteroatoms. The monoisotopic (exact) mass is 198 g/mol. The Hall–Kier alpha value is -1.10. The van der Waals surface area contributed by atoms with Gasteiger partial charge in [-0.05, 0) is 27.8 Å². The topological polar surface area (TPSA) is 54.2 Å². The first-order valence-corrected chi connectivity index (χ1v) is 4.92. The van der Waals surface area contributed by atoms with Gasteiger partial charge in [0, 0.05) is 12.6 Å². The molecule has 0 saturated carbocycles. The van der Waals surface area contributed by atoms with Gasteiger partial charge in [0.1, 0.15) is 0 Å². The van der Waals surface area contributed by atoms with Crippen molar-refractivity contribution in [1.82, 2.24) is 15.5 Å². The van der Waals surface area contributed by atoms with Gasteiger partial charge in [0.15, 0.2) is 0 Å². The lowest BCUT2D eigenvalue weighted by molar-refractivity contribution is 0.462. The fraction of sp³-hybridized carbons (Fsp3) is 0.778. The SMILES string of the molecule is CCN(c1nnc(CNC)o1)C(C)C. The van der Waals surface area contributed by atoms with Crippen molar-refractivity contribution in [3.05, 3.63) is 5.89 Å². The van der Waals surface area contributed by atoms with Crippen molar-refractivity contribution in [3.63, 3.8) is 0 Å². The molecule has 0 aliphatic carbocycles. The second kappa shape index (κ2) is 4.95. The highest BCUT2D eigenvalue weighted by atomic mass is 16.4. The fourth-order valence-corrected chi connectivity index (χ4v) is 1.30. The minimum Gasteiger partial charge on any atom is -0.407 e. The van der Waals surface area contributed by atoms with E-state index < -0.39 is 0 Å². The summed E-state index contributed by atoms with van der Waals surface area (Å²) < 4.78 is 5.48. The van der Waals surface area contributed by atoms with Crippen LogP contribution in [0.3, 0.4) is 0 Å². The third-order valence-corrected chi connectivity index (χ3v) is 1.99. The molecule has 5 nitrogen and oxygen atoms in total. The second-order valence-corrected chi connectivity index (χ2v) is 3.39. The van der Waals surface area contributed by atoms with E-state index in [9.17, 15) is 0 Å². The van der Waals surface area contributed by atoms with E-state index >= 15 is 0 Å². The zero-order chi connectivity index (χ0) is 10.6. The standard InChI is InChI=1S/C9H18N4O/c1-5-13(7(2)3)9-12-11-8(14-9)6-10-4/h7,10H,5-6H2,1-4H3. The van der Waals surface area contributed by atoms with Crippen molar-refractivity contribution in [2.24, 2.45) is 0 Å². The number of nitrogens with zero attached hydrogens (tertiary/aromatic N) is 3. The van der Waals surface area contributed by atoms with Gasteiger partial charge in [-0.2, -0.15) is 0 Å². The molecule has 80 valence electrons. The third kappa shape index (κ3) is 2.45. The first-order valence-electron chi connectivity index (χ1n) is 4.92. The predicted molar refractivity (Wildman–Crippen MR) is 55.2 cm³/mol. The van der Waals surface area contributed by atoms with Gasteiger partial charge >= 0.3 is 6.01 Å². The van der Waals surface area contributed by atoms with Crippen molar-refractivity contribution in [2.45, 2.75) is 33.4 Å². The largest absolute Gasteiger partial charge is 0.407 e. The molecule has 0 atom stereocenters. The first-order chi connectivity index (χ1) is 6.69. The number of aromatic nitrogens is 2. The van der Waals surface area contributed by atoms with E-state index in [0.29, 0.717) is 24.5 Å². The molecule has 0 fully saturated rings. The summed E-state index contributed by atoms with van der Waals surface area (Å²) in [5.41, 5.74) is 0. The molecule has 1 aromatic rings. The maximum atomic E-state index is 5.48. The number of nitrogens with one attached hydrogen (secondary N) is 1. The first kappa shape index (κ1) is 11.0. The molecule has 14 heavy (non-hydrogen) atoms. The minimum atomic E-state index is 0.378. The molecule has 0 saturated heterocycles. The quantitative estimate of drug-likeness (QED) is 0.765. The normalized spacial score (nSPS) is 10.9. The van der Waals surface area contributed by atoms with Crippen LogP contribution in [-0.2, 0) is 6.54 Å². The van der Waals surface area contributed by atoms with Crippen LogP contribution >= 0.6 is 0 Å². The highest BCUT2D eigenvalue weighted by Gasteiger charge is 2.14. The van der Waals surface area contributed by atoms with Gasteiger partial charge in [0.05, 0.1) is 6.54 Å². The summed E-state index contributed by atoms with van der Waals surface area (Å²) in [5, 5.41) is 10.9. The molecule has 0 spiro atoms. The zero-order valence-corrected chi connectivity index (χ0v) is 9.24. The van der Waals surface area contributed by atoms with Crippen molar-refractivity contribution >= 4 is 6.01 Å². The lowest BCUT2D eigenvalue weighted by Gasteiger charge is -2.21. The molecule has 0 unspecified atom stereocenters. The van der Waals surface area contributed by atoms with Crippen molar-refractivity contribution < 1.29 is 4.42 Å². The van der Waals surface area contributed by atoms with Gasteiger partial charge in [0.2, 0.25) is 5.89 Å². The lowest BCUT2D eigenvalue weighted by Crippen LogP contribution is -2.30. The second-order valence-electron chi connectivity index (χ2n) is 3.39. The third-order valence-electron chi connectivity index (χ3n) is 1.99. The van der Waals surface area contributed by atoms with Crippen LogP contribution in [0.15, 0.2) is 4.42 Å². The molecule has 1 aromatic heterocycles.